The number of furan rings is 1. The summed E-state index contributed by atoms with van der Waals surface area (Å²) in [4.78, 5) is 8.30. The Morgan fingerprint density at radius 1 is 1.37 bits per heavy atom. The van der Waals surface area contributed by atoms with Crippen LogP contribution in [0.2, 0.25) is 0 Å². The average molecular weight is 260 g/mol. The van der Waals surface area contributed by atoms with Crippen molar-refractivity contribution in [2.24, 2.45) is 0 Å². The van der Waals surface area contributed by atoms with Crippen molar-refractivity contribution < 1.29 is 4.42 Å². The summed E-state index contributed by atoms with van der Waals surface area (Å²) in [6.45, 7) is 8.03. The second kappa shape index (κ2) is 5.30. The summed E-state index contributed by atoms with van der Waals surface area (Å²) in [5.41, 5.74) is 7.96. The van der Waals surface area contributed by atoms with Crippen LogP contribution in [-0.4, -0.2) is 9.97 Å². The number of hydrogen-bond donors (Lipinski definition) is 2. The molecule has 0 bridgehead atoms. The van der Waals surface area contributed by atoms with Crippen molar-refractivity contribution in [2.75, 3.05) is 11.1 Å². The summed E-state index contributed by atoms with van der Waals surface area (Å²) in [6, 6.07) is 2.15. The molecule has 3 N–H and O–H groups in total. The highest BCUT2D eigenvalue weighted by Crippen LogP contribution is 2.26. The van der Waals surface area contributed by atoms with Gasteiger partial charge < -0.3 is 15.5 Å². The third-order valence-electron chi connectivity index (χ3n) is 3.23. The molecule has 19 heavy (non-hydrogen) atoms. The first-order chi connectivity index (χ1) is 9.02. The van der Waals surface area contributed by atoms with Gasteiger partial charge in [0.25, 0.3) is 0 Å². The van der Waals surface area contributed by atoms with E-state index in [-0.39, 0.29) is 6.04 Å². The normalized spacial score (nSPS) is 12.4. The van der Waals surface area contributed by atoms with Crippen molar-refractivity contribution in [3.63, 3.8) is 0 Å². The summed E-state index contributed by atoms with van der Waals surface area (Å²) >= 11 is 0. The van der Waals surface area contributed by atoms with E-state index in [4.69, 9.17) is 10.2 Å². The second-order valence-corrected chi connectivity index (χ2v) is 4.67. The number of rotatable bonds is 4. The van der Waals surface area contributed by atoms with E-state index in [1.165, 1.54) is 6.33 Å². The van der Waals surface area contributed by atoms with Crippen LogP contribution in [0, 0.1) is 13.8 Å². The molecule has 5 heteroatoms. The molecule has 0 radical (unpaired) electrons. The van der Waals surface area contributed by atoms with Crippen LogP contribution < -0.4 is 11.1 Å². The number of aromatic nitrogens is 2. The van der Waals surface area contributed by atoms with Crippen molar-refractivity contribution in [1.82, 2.24) is 9.97 Å². The molecular weight excluding hydrogens is 240 g/mol. The van der Waals surface area contributed by atoms with Crippen molar-refractivity contribution in [1.29, 1.82) is 0 Å². The first kappa shape index (κ1) is 13.4. The number of anilines is 2. The van der Waals surface area contributed by atoms with Gasteiger partial charge in [-0.3, -0.25) is 0 Å². The second-order valence-electron chi connectivity index (χ2n) is 4.67. The Balaban J connectivity index is 2.26. The SMILES string of the molecule is CCc1c(N)ncnc1NC(C)c1cc(C)oc1C. The zero-order valence-corrected chi connectivity index (χ0v) is 11.8. The Bertz CT molecular complexity index is 577. The fraction of sp³-hybridized carbons (Fsp3) is 0.429. The zero-order valence-electron chi connectivity index (χ0n) is 11.8. The molecule has 0 aromatic carbocycles. The number of nitrogen functional groups attached to an aromatic ring is 1. The van der Waals surface area contributed by atoms with Gasteiger partial charge in [0.1, 0.15) is 29.5 Å². The maximum Gasteiger partial charge on any atom is 0.135 e. The minimum absolute atomic E-state index is 0.108. The van der Waals surface area contributed by atoms with Gasteiger partial charge in [-0.15, -0.1) is 0 Å². The predicted octanol–water partition coefficient (Wildman–Crippen LogP) is 3.00. The van der Waals surface area contributed by atoms with E-state index in [0.29, 0.717) is 5.82 Å². The van der Waals surface area contributed by atoms with Crippen LogP contribution in [0.1, 0.15) is 42.5 Å². The molecule has 0 fully saturated rings. The molecular formula is C14H20N4O. The standard InChI is InChI=1S/C14H20N4O/c1-5-11-13(15)16-7-17-14(11)18-9(3)12-6-8(2)19-10(12)4/h6-7,9H,5H2,1-4H3,(H3,15,16,17,18). The largest absolute Gasteiger partial charge is 0.466 e. The Hall–Kier alpha value is -2.04. The fourth-order valence-corrected chi connectivity index (χ4v) is 2.26. The first-order valence-electron chi connectivity index (χ1n) is 6.45. The molecule has 0 amide bonds. The van der Waals surface area contributed by atoms with Crippen LogP contribution in [-0.2, 0) is 6.42 Å². The van der Waals surface area contributed by atoms with Gasteiger partial charge in [0.2, 0.25) is 0 Å². The highest BCUT2D eigenvalue weighted by molar-refractivity contribution is 5.55. The lowest BCUT2D eigenvalue weighted by Gasteiger charge is -2.16. The molecule has 0 aliphatic rings. The minimum Gasteiger partial charge on any atom is -0.466 e. The molecule has 2 heterocycles. The lowest BCUT2D eigenvalue weighted by molar-refractivity contribution is 0.499. The average Bonchev–Trinajstić information content (AvgIpc) is 2.69. The van der Waals surface area contributed by atoms with Crippen LogP contribution >= 0.6 is 0 Å². The van der Waals surface area contributed by atoms with Gasteiger partial charge in [0, 0.05) is 11.1 Å². The highest BCUT2D eigenvalue weighted by Gasteiger charge is 2.15. The van der Waals surface area contributed by atoms with Crippen LogP contribution in [0.5, 0.6) is 0 Å². The van der Waals surface area contributed by atoms with E-state index in [0.717, 1.165) is 34.9 Å². The summed E-state index contributed by atoms with van der Waals surface area (Å²) in [5, 5.41) is 3.38. The van der Waals surface area contributed by atoms with Gasteiger partial charge in [-0.2, -0.15) is 0 Å². The van der Waals surface area contributed by atoms with Gasteiger partial charge in [0.15, 0.2) is 0 Å². The fourth-order valence-electron chi connectivity index (χ4n) is 2.26. The van der Waals surface area contributed by atoms with Gasteiger partial charge in [0.05, 0.1) is 6.04 Å². The number of aryl methyl sites for hydroxylation is 2. The van der Waals surface area contributed by atoms with Crippen LogP contribution in [0.15, 0.2) is 16.8 Å². The first-order valence-corrected chi connectivity index (χ1v) is 6.45. The molecule has 0 aliphatic carbocycles. The smallest absolute Gasteiger partial charge is 0.135 e. The number of hydrogen-bond acceptors (Lipinski definition) is 5. The van der Waals surface area contributed by atoms with Gasteiger partial charge in [-0.1, -0.05) is 6.92 Å². The molecule has 2 rings (SSSR count). The topological polar surface area (TPSA) is 77.0 Å². The lowest BCUT2D eigenvalue weighted by atomic mass is 10.1. The van der Waals surface area contributed by atoms with Crippen molar-refractivity contribution in [3.8, 4) is 0 Å². The van der Waals surface area contributed by atoms with Gasteiger partial charge >= 0.3 is 0 Å². The molecule has 2 aromatic rings. The van der Waals surface area contributed by atoms with E-state index < -0.39 is 0 Å². The Labute approximate surface area is 113 Å². The van der Waals surface area contributed by atoms with E-state index in [1.807, 2.05) is 26.8 Å². The molecule has 2 aromatic heterocycles. The highest BCUT2D eigenvalue weighted by atomic mass is 16.3. The molecule has 5 nitrogen and oxygen atoms in total. The molecule has 0 spiro atoms. The molecule has 1 unspecified atom stereocenters. The van der Waals surface area contributed by atoms with Crippen LogP contribution in [0.25, 0.3) is 0 Å². The van der Waals surface area contributed by atoms with E-state index in [1.54, 1.807) is 0 Å². The molecule has 0 saturated heterocycles. The quantitative estimate of drug-likeness (QED) is 0.883. The predicted molar refractivity (Wildman–Crippen MR) is 76.0 cm³/mol. The summed E-state index contributed by atoms with van der Waals surface area (Å²) in [7, 11) is 0. The summed E-state index contributed by atoms with van der Waals surface area (Å²) < 4.78 is 5.56. The summed E-state index contributed by atoms with van der Waals surface area (Å²) in [5.74, 6) is 3.17. The minimum atomic E-state index is 0.108. The molecule has 0 aliphatic heterocycles. The van der Waals surface area contributed by atoms with E-state index in [9.17, 15) is 0 Å². The summed E-state index contributed by atoms with van der Waals surface area (Å²) in [6.07, 6.45) is 2.28. The molecule has 102 valence electrons. The van der Waals surface area contributed by atoms with Crippen LogP contribution in [0.3, 0.4) is 0 Å². The Kier molecular flexibility index (Phi) is 3.74. The number of nitrogens with zero attached hydrogens (tertiary/aromatic N) is 2. The molecule has 1 atom stereocenters. The van der Waals surface area contributed by atoms with Gasteiger partial charge in [-0.25, -0.2) is 9.97 Å². The number of nitrogens with two attached hydrogens (primary N) is 1. The van der Waals surface area contributed by atoms with Crippen molar-refractivity contribution >= 4 is 11.6 Å². The maximum atomic E-state index is 5.87. The number of nitrogens with one attached hydrogen (secondary N) is 1. The van der Waals surface area contributed by atoms with Crippen LogP contribution in [0.4, 0.5) is 11.6 Å². The monoisotopic (exact) mass is 260 g/mol. The van der Waals surface area contributed by atoms with Crippen molar-refractivity contribution in [2.45, 2.75) is 40.2 Å². The maximum absolute atomic E-state index is 5.87. The molecule has 0 saturated carbocycles. The Morgan fingerprint density at radius 3 is 2.68 bits per heavy atom. The van der Waals surface area contributed by atoms with Crippen molar-refractivity contribution in [3.05, 3.63) is 35.0 Å². The third-order valence-corrected chi connectivity index (χ3v) is 3.23. The Morgan fingerprint density at radius 2 is 2.11 bits per heavy atom. The van der Waals surface area contributed by atoms with E-state index in [2.05, 4.69) is 22.2 Å². The lowest BCUT2D eigenvalue weighted by Crippen LogP contribution is -2.12. The zero-order chi connectivity index (χ0) is 14.0. The third kappa shape index (κ3) is 2.70. The van der Waals surface area contributed by atoms with E-state index >= 15 is 0 Å². The van der Waals surface area contributed by atoms with Gasteiger partial charge in [-0.05, 0) is 33.3 Å².